The fourth-order valence-corrected chi connectivity index (χ4v) is 2.65. The Kier molecular flexibility index (Phi) is 7.02. The van der Waals surface area contributed by atoms with Crippen LogP contribution in [-0.4, -0.2) is 31.1 Å². The second kappa shape index (κ2) is 8.00. The van der Waals surface area contributed by atoms with Crippen molar-refractivity contribution in [3.63, 3.8) is 0 Å². The Hall–Kier alpha value is -0.280. The molecule has 0 bridgehead atoms. The van der Waals surface area contributed by atoms with Gasteiger partial charge in [0, 0.05) is 24.7 Å². The van der Waals surface area contributed by atoms with Crippen LogP contribution in [0, 0.1) is 0 Å². The van der Waals surface area contributed by atoms with Crippen molar-refractivity contribution < 1.29 is 0 Å². The Labute approximate surface area is 121 Å². The smallest absolute Gasteiger partial charge is 0.0453 e. The third-order valence-electron chi connectivity index (χ3n) is 3.41. The molecule has 102 valence electrons. The zero-order chi connectivity index (χ0) is 12.1. The maximum Gasteiger partial charge on any atom is 0.0453 e. The van der Waals surface area contributed by atoms with Gasteiger partial charge in [-0.1, -0.05) is 30.7 Å². The largest absolute Gasteiger partial charge is 0.315 e. The first kappa shape index (κ1) is 15.8. The second-order valence-electron chi connectivity index (χ2n) is 4.61. The van der Waals surface area contributed by atoms with E-state index in [1.54, 1.807) is 0 Å². The van der Waals surface area contributed by atoms with Crippen LogP contribution in [0.2, 0.25) is 5.02 Å². The molecule has 18 heavy (non-hydrogen) atoms. The Morgan fingerprint density at radius 1 is 1.28 bits per heavy atom. The number of aryl methyl sites for hydroxylation is 1. The highest BCUT2D eigenvalue weighted by atomic mass is 35.5. The molecule has 0 aromatic heterocycles. The molecule has 2 rings (SSSR count). The number of nitrogens with one attached hydrogen (secondary N) is 1. The Morgan fingerprint density at radius 3 is 2.89 bits per heavy atom. The number of hydrogen-bond acceptors (Lipinski definition) is 2. The minimum Gasteiger partial charge on any atom is -0.315 e. The summed E-state index contributed by atoms with van der Waals surface area (Å²) in [7, 11) is 0. The van der Waals surface area contributed by atoms with Crippen molar-refractivity contribution in [1.29, 1.82) is 0 Å². The molecule has 2 nitrogen and oxygen atoms in total. The van der Waals surface area contributed by atoms with Crippen LogP contribution in [0.25, 0.3) is 0 Å². The Bertz CT molecular complexity index is 361. The van der Waals surface area contributed by atoms with Crippen molar-refractivity contribution in [2.24, 2.45) is 0 Å². The predicted molar refractivity (Wildman–Crippen MR) is 80.8 cm³/mol. The minimum absolute atomic E-state index is 0. The molecule has 0 atom stereocenters. The van der Waals surface area contributed by atoms with Gasteiger partial charge in [-0.15, -0.1) is 12.4 Å². The molecule has 1 aliphatic heterocycles. The highest BCUT2D eigenvalue weighted by Crippen LogP contribution is 2.22. The summed E-state index contributed by atoms with van der Waals surface area (Å²) in [6.45, 7) is 7.70. The number of nitrogens with zero attached hydrogens (tertiary/aromatic N) is 1. The van der Waals surface area contributed by atoms with Crippen LogP contribution >= 0.6 is 24.0 Å². The summed E-state index contributed by atoms with van der Waals surface area (Å²) in [6.07, 6.45) is 2.29. The van der Waals surface area contributed by atoms with Crippen LogP contribution < -0.4 is 5.32 Å². The average Bonchev–Trinajstić information content (AvgIpc) is 2.60. The molecule has 4 heteroatoms. The minimum atomic E-state index is 0. The second-order valence-corrected chi connectivity index (χ2v) is 5.02. The van der Waals surface area contributed by atoms with E-state index in [1.165, 1.54) is 24.1 Å². The lowest BCUT2D eigenvalue weighted by Crippen LogP contribution is -2.28. The first-order valence-electron chi connectivity index (χ1n) is 6.50. The summed E-state index contributed by atoms with van der Waals surface area (Å²) < 4.78 is 0. The van der Waals surface area contributed by atoms with Crippen molar-refractivity contribution in [3.8, 4) is 0 Å². The fraction of sp³-hybridized carbons (Fsp3) is 0.571. The quantitative estimate of drug-likeness (QED) is 0.919. The van der Waals surface area contributed by atoms with E-state index in [-0.39, 0.29) is 12.4 Å². The van der Waals surface area contributed by atoms with Crippen LogP contribution in [0.5, 0.6) is 0 Å². The fourth-order valence-electron chi connectivity index (χ4n) is 2.39. The molecule has 0 unspecified atom stereocenters. The zero-order valence-corrected chi connectivity index (χ0v) is 12.5. The van der Waals surface area contributed by atoms with Crippen molar-refractivity contribution in [2.45, 2.75) is 26.3 Å². The van der Waals surface area contributed by atoms with Gasteiger partial charge in [0.2, 0.25) is 0 Å². The summed E-state index contributed by atoms with van der Waals surface area (Å²) in [5, 5.41) is 4.35. The van der Waals surface area contributed by atoms with Crippen LogP contribution in [0.1, 0.15) is 24.5 Å². The van der Waals surface area contributed by atoms with Gasteiger partial charge in [0.25, 0.3) is 0 Å². The maximum absolute atomic E-state index is 6.33. The van der Waals surface area contributed by atoms with Gasteiger partial charge in [0.05, 0.1) is 0 Å². The molecule has 1 aromatic carbocycles. The molecular weight excluding hydrogens is 267 g/mol. The summed E-state index contributed by atoms with van der Waals surface area (Å²) in [6, 6.07) is 6.25. The van der Waals surface area contributed by atoms with E-state index in [2.05, 4.69) is 29.3 Å². The molecular formula is C14H22Cl2N2. The monoisotopic (exact) mass is 288 g/mol. The summed E-state index contributed by atoms with van der Waals surface area (Å²) in [5.41, 5.74) is 2.70. The van der Waals surface area contributed by atoms with Gasteiger partial charge < -0.3 is 5.32 Å². The summed E-state index contributed by atoms with van der Waals surface area (Å²) >= 11 is 6.33. The van der Waals surface area contributed by atoms with E-state index in [4.69, 9.17) is 11.6 Å². The highest BCUT2D eigenvalue weighted by Gasteiger charge is 2.13. The molecule has 1 heterocycles. The van der Waals surface area contributed by atoms with Crippen molar-refractivity contribution in [1.82, 2.24) is 10.2 Å². The number of halogens is 2. The van der Waals surface area contributed by atoms with Crippen LogP contribution in [0.4, 0.5) is 0 Å². The topological polar surface area (TPSA) is 15.3 Å². The lowest BCUT2D eigenvalue weighted by Gasteiger charge is -2.21. The highest BCUT2D eigenvalue weighted by molar-refractivity contribution is 6.31. The third-order valence-corrected chi connectivity index (χ3v) is 3.77. The van der Waals surface area contributed by atoms with Crippen LogP contribution in [0.3, 0.4) is 0 Å². The first-order valence-corrected chi connectivity index (χ1v) is 6.88. The van der Waals surface area contributed by atoms with E-state index >= 15 is 0 Å². The van der Waals surface area contributed by atoms with E-state index < -0.39 is 0 Å². The zero-order valence-electron chi connectivity index (χ0n) is 10.9. The Balaban J connectivity index is 0.00000162. The predicted octanol–water partition coefficient (Wildman–Crippen LogP) is 3.12. The van der Waals surface area contributed by atoms with Gasteiger partial charge in [-0.2, -0.15) is 0 Å². The van der Waals surface area contributed by atoms with Gasteiger partial charge in [0.15, 0.2) is 0 Å². The van der Waals surface area contributed by atoms with Gasteiger partial charge >= 0.3 is 0 Å². The average molecular weight is 289 g/mol. The van der Waals surface area contributed by atoms with Crippen LogP contribution in [0.15, 0.2) is 18.2 Å². The molecule has 0 saturated carbocycles. The van der Waals surface area contributed by atoms with E-state index in [0.717, 1.165) is 37.6 Å². The third kappa shape index (κ3) is 4.13. The van der Waals surface area contributed by atoms with Crippen molar-refractivity contribution in [3.05, 3.63) is 34.3 Å². The summed E-state index contributed by atoms with van der Waals surface area (Å²) in [4.78, 5) is 2.50. The number of benzene rings is 1. The lowest BCUT2D eigenvalue weighted by molar-refractivity contribution is 0.283. The lowest BCUT2D eigenvalue weighted by atomic mass is 10.0. The molecule has 1 aliphatic rings. The Morgan fingerprint density at radius 2 is 2.11 bits per heavy atom. The van der Waals surface area contributed by atoms with E-state index in [0.29, 0.717) is 0 Å². The molecule has 1 aromatic rings. The molecule has 0 radical (unpaired) electrons. The standard InChI is InChI=1S/C14H21ClN2.ClH/c1-2-12-5-3-6-14(15)13(12)11-17-9-4-7-16-8-10-17;/h3,5-6,16H,2,4,7-11H2,1H3;1H. The normalized spacial score (nSPS) is 17.0. The van der Waals surface area contributed by atoms with Gasteiger partial charge in [-0.25, -0.2) is 0 Å². The van der Waals surface area contributed by atoms with Gasteiger partial charge in [-0.3, -0.25) is 4.90 Å². The molecule has 1 saturated heterocycles. The molecule has 1 N–H and O–H groups in total. The van der Waals surface area contributed by atoms with Crippen LogP contribution in [-0.2, 0) is 13.0 Å². The molecule has 1 fully saturated rings. The molecule has 0 aliphatic carbocycles. The van der Waals surface area contributed by atoms with Crippen molar-refractivity contribution in [2.75, 3.05) is 26.2 Å². The summed E-state index contributed by atoms with van der Waals surface area (Å²) in [5.74, 6) is 0. The van der Waals surface area contributed by atoms with Crippen molar-refractivity contribution >= 4 is 24.0 Å². The molecule has 0 spiro atoms. The SMILES string of the molecule is CCc1cccc(Cl)c1CN1CCCNCC1.Cl. The number of rotatable bonds is 3. The first-order chi connectivity index (χ1) is 8.31. The van der Waals surface area contributed by atoms with E-state index in [9.17, 15) is 0 Å². The number of hydrogen-bond donors (Lipinski definition) is 1. The maximum atomic E-state index is 6.33. The molecule has 0 amide bonds. The van der Waals surface area contributed by atoms with E-state index in [1.807, 2.05) is 6.07 Å². The van der Waals surface area contributed by atoms with Gasteiger partial charge in [0.1, 0.15) is 0 Å². The van der Waals surface area contributed by atoms with Gasteiger partial charge in [-0.05, 0) is 43.1 Å².